The molecule has 0 amide bonds. The van der Waals surface area contributed by atoms with E-state index in [1.54, 1.807) is 12.4 Å². The molecule has 0 saturated heterocycles. The Hall–Kier alpha value is -1.29. The summed E-state index contributed by atoms with van der Waals surface area (Å²) in [5, 5.41) is 6.51. The molecule has 0 aliphatic heterocycles. The second-order valence-electron chi connectivity index (χ2n) is 3.16. The van der Waals surface area contributed by atoms with Crippen molar-refractivity contribution in [2.45, 2.75) is 6.42 Å². The van der Waals surface area contributed by atoms with E-state index in [0.717, 1.165) is 16.6 Å². The van der Waals surface area contributed by atoms with Gasteiger partial charge in [0, 0.05) is 10.9 Å². The fraction of sp³-hybridized carbons (Fsp3) is 0.182. The molecule has 78 valence electrons. The zero-order valence-corrected chi connectivity index (χ0v) is 9.70. The lowest BCUT2D eigenvalue weighted by Gasteiger charge is -2.03. The summed E-state index contributed by atoms with van der Waals surface area (Å²) in [6.07, 6.45) is 4.31. The molecular weight excluding hydrogens is 256 g/mol. The van der Waals surface area contributed by atoms with Crippen LogP contribution in [0.4, 0.5) is 0 Å². The molecule has 0 aliphatic rings. The average Bonchev–Trinajstić information content (AvgIpc) is 2.74. The van der Waals surface area contributed by atoms with Crippen molar-refractivity contribution in [1.82, 2.24) is 10.2 Å². The fourth-order valence-electron chi connectivity index (χ4n) is 1.26. The van der Waals surface area contributed by atoms with Gasteiger partial charge in [-0.3, -0.25) is 5.10 Å². The van der Waals surface area contributed by atoms with Gasteiger partial charge in [-0.2, -0.15) is 5.10 Å². The Morgan fingerprint density at radius 3 is 2.73 bits per heavy atom. The molecule has 0 unspecified atom stereocenters. The number of hydrogen-bond donors (Lipinski definition) is 1. The minimum atomic E-state index is 0.668. The van der Waals surface area contributed by atoms with Crippen molar-refractivity contribution < 1.29 is 4.74 Å². The van der Waals surface area contributed by atoms with Gasteiger partial charge in [0.25, 0.3) is 0 Å². The molecule has 0 bridgehead atoms. The lowest BCUT2D eigenvalue weighted by molar-refractivity contribution is 0.322. The summed E-state index contributed by atoms with van der Waals surface area (Å²) in [5.74, 6) is 0.784. The second-order valence-corrected chi connectivity index (χ2v) is 4.07. The highest BCUT2D eigenvalue weighted by Crippen LogP contribution is 2.11. The first-order valence-corrected chi connectivity index (χ1v) is 5.50. The Bertz CT molecular complexity index is 397. The summed E-state index contributed by atoms with van der Waals surface area (Å²) in [7, 11) is 0. The standard InChI is InChI=1S/C11H11BrN2O/c12-10-3-1-9(2-4-10)5-6-15-11-7-13-14-8-11/h1-4,7-8H,5-6H2,(H,13,14). The quantitative estimate of drug-likeness (QED) is 0.924. The van der Waals surface area contributed by atoms with Gasteiger partial charge in [0.15, 0.2) is 5.75 Å². The smallest absolute Gasteiger partial charge is 0.156 e. The predicted molar refractivity (Wildman–Crippen MR) is 61.9 cm³/mol. The molecule has 2 rings (SSSR count). The van der Waals surface area contributed by atoms with Crippen LogP contribution in [0.15, 0.2) is 41.1 Å². The molecule has 1 heterocycles. The third kappa shape index (κ3) is 3.09. The molecule has 0 saturated carbocycles. The maximum atomic E-state index is 5.47. The first-order chi connectivity index (χ1) is 7.34. The minimum absolute atomic E-state index is 0.668. The molecule has 0 fully saturated rings. The lowest BCUT2D eigenvalue weighted by Crippen LogP contribution is -2.00. The normalized spacial score (nSPS) is 10.2. The van der Waals surface area contributed by atoms with Crippen LogP contribution in [0, 0.1) is 0 Å². The van der Waals surface area contributed by atoms with Gasteiger partial charge in [-0.25, -0.2) is 0 Å². The molecular formula is C11H11BrN2O. The number of halogens is 1. The molecule has 0 atom stereocenters. The van der Waals surface area contributed by atoms with E-state index in [0.29, 0.717) is 6.61 Å². The van der Waals surface area contributed by atoms with Crippen molar-refractivity contribution >= 4 is 15.9 Å². The van der Waals surface area contributed by atoms with E-state index in [9.17, 15) is 0 Å². The van der Waals surface area contributed by atoms with Gasteiger partial charge < -0.3 is 4.74 Å². The monoisotopic (exact) mass is 266 g/mol. The van der Waals surface area contributed by atoms with E-state index < -0.39 is 0 Å². The second kappa shape index (κ2) is 4.98. The number of aromatic amines is 1. The summed E-state index contributed by atoms with van der Waals surface area (Å²) in [6, 6.07) is 8.24. The summed E-state index contributed by atoms with van der Waals surface area (Å²) >= 11 is 3.40. The van der Waals surface area contributed by atoms with E-state index >= 15 is 0 Å². The molecule has 1 N–H and O–H groups in total. The Labute approximate surface area is 96.6 Å². The Morgan fingerprint density at radius 1 is 1.27 bits per heavy atom. The van der Waals surface area contributed by atoms with Crippen LogP contribution in [0.5, 0.6) is 5.75 Å². The summed E-state index contributed by atoms with van der Waals surface area (Å²) in [4.78, 5) is 0. The fourth-order valence-corrected chi connectivity index (χ4v) is 1.52. The van der Waals surface area contributed by atoms with E-state index in [2.05, 4.69) is 38.3 Å². The van der Waals surface area contributed by atoms with Gasteiger partial charge >= 0.3 is 0 Å². The predicted octanol–water partition coefficient (Wildman–Crippen LogP) is 2.79. The van der Waals surface area contributed by atoms with Crippen molar-refractivity contribution in [2.75, 3.05) is 6.61 Å². The maximum absolute atomic E-state index is 5.47. The Kier molecular flexibility index (Phi) is 3.40. The lowest BCUT2D eigenvalue weighted by atomic mass is 10.2. The zero-order valence-electron chi connectivity index (χ0n) is 8.11. The number of rotatable bonds is 4. The summed E-state index contributed by atoms with van der Waals surface area (Å²) in [5.41, 5.74) is 1.27. The number of H-pyrrole nitrogens is 1. The topological polar surface area (TPSA) is 37.9 Å². The molecule has 1 aromatic carbocycles. The number of aromatic nitrogens is 2. The molecule has 15 heavy (non-hydrogen) atoms. The number of ether oxygens (including phenoxy) is 1. The molecule has 3 nitrogen and oxygen atoms in total. The highest BCUT2D eigenvalue weighted by atomic mass is 79.9. The Morgan fingerprint density at radius 2 is 2.07 bits per heavy atom. The third-order valence-electron chi connectivity index (χ3n) is 2.05. The first kappa shape index (κ1) is 10.2. The molecule has 2 aromatic rings. The Balaban J connectivity index is 1.81. The van der Waals surface area contributed by atoms with Gasteiger partial charge in [-0.05, 0) is 17.7 Å². The van der Waals surface area contributed by atoms with Crippen LogP contribution < -0.4 is 4.74 Å². The van der Waals surface area contributed by atoms with Crippen LogP contribution >= 0.6 is 15.9 Å². The minimum Gasteiger partial charge on any atom is -0.490 e. The van der Waals surface area contributed by atoms with Crippen LogP contribution in [0.3, 0.4) is 0 Å². The maximum Gasteiger partial charge on any atom is 0.156 e. The van der Waals surface area contributed by atoms with Gasteiger partial charge in [0.2, 0.25) is 0 Å². The van der Waals surface area contributed by atoms with Gasteiger partial charge in [-0.1, -0.05) is 28.1 Å². The van der Waals surface area contributed by atoms with Gasteiger partial charge in [-0.15, -0.1) is 0 Å². The van der Waals surface area contributed by atoms with Gasteiger partial charge in [0.1, 0.15) is 0 Å². The zero-order chi connectivity index (χ0) is 10.5. The number of nitrogens with one attached hydrogen (secondary N) is 1. The number of nitrogens with zero attached hydrogens (tertiary/aromatic N) is 1. The average molecular weight is 267 g/mol. The molecule has 0 aliphatic carbocycles. The SMILES string of the molecule is Brc1ccc(CCOc2cn[nH]c2)cc1. The molecule has 0 spiro atoms. The number of hydrogen-bond acceptors (Lipinski definition) is 2. The van der Waals surface area contributed by atoms with Crippen LogP contribution in [0.1, 0.15) is 5.56 Å². The van der Waals surface area contributed by atoms with Crippen LogP contribution in [-0.2, 0) is 6.42 Å². The van der Waals surface area contributed by atoms with E-state index in [-0.39, 0.29) is 0 Å². The van der Waals surface area contributed by atoms with Crippen LogP contribution in [0.2, 0.25) is 0 Å². The molecule has 0 radical (unpaired) electrons. The van der Waals surface area contributed by atoms with Crippen molar-refractivity contribution in [1.29, 1.82) is 0 Å². The first-order valence-electron chi connectivity index (χ1n) is 4.70. The van der Waals surface area contributed by atoms with E-state index in [4.69, 9.17) is 4.74 Å². The van der Waals surface area contributed by atoms with Crippen molar-refractivity contribution in [3.05, 3.63) is 46.7 Å². The highest BCUT2D eigenvalue weighted by Gasteiger charge is 1.96. The van der Waals surface area contributed by atoms with Crippen molar-refractivity contribution in [2.24, 2.45) is 0 Å². The molecule has 4 heteroatoms. The highest BCUT2D eigenvalue weighted by molar-refractivity contribution is 9.10. The summed E-state index contributed by atoms with van der Waals surface area (Å²) < 4.78 is 6.57. The molecule has 1 aromatic heterocycles. The summed E-state index contributed by atoms with van der Waals surface area (Å²) in [6.45, 7) is 0.668. The largest absolute Gasteiger partial charge is 0.490 e. The number of benzene rings is 1. The van der Waals surface area contributed by atoms with Crippen LogP contribution in [-0.4, -0.2) is 16.8 Å². The van der Waals surface area contributed by atoms with E-state index in [1.807, 2.05) is 12.1 Å². The van der Waals surface area contributed by atoms with Crippen molar-refractivity contribution in [3.8, 4) is 5.75 Å². The van der Waals surface area contributed by atoms with E-state index in [1.165, 1.54) is 5.56 Å². The third-order valence-corrected chi connectivity index (χ3v) is 2.57. The van der Waals surface area contributed by atoms with Crippen LogP contribution in [0.25, 0.3) is 0 Å². The van der Waals surface area contributed by atoms with Gasteiger partial charge in [0.05, 0.1) is 19.0 Å². The van der Waals surface area contributed by atoms with Crippen molar-refractivity contribution in [3.63, 3.8) is 0 Å².